The molecular formula is C16H18N2O. The molecule has 0 saturated carbocycles. The molecule has 0 aliphatic rings. The van der Waals surface area contributed by atoms with Crippen molar-refractivity contribution in [2.45, 2.75) is 19.3 Å². The summed E-state index contributed by atoms with van der Waals surface area (Å²) < 4.78 is 0. The zero-order valence-electron chi connectivity index (χ0n) is 10.8. The predicted molar refractivity (Wildman–Crippen MR) is 78.3 cm³/mol. The Hall–Kier alpha value is -2.29. The minimum absolute atomic E-state index is 0.234. The molecule has 2 aromatic carbocycles. The topological polar surface area (TPSA) is 55.1 Å². The molecule has 1 amide bonds. The van der Waals surface area contributed by atoms with E-state index < -0.39 is 0 Å². The maximum absolute atomic E-state index is 10.7. The molecule has 98 valence electrons. The van der Waals surface area contributed by atoms with E-state index in [9.17, 15) is 4.79 Å². The molecule has 0 atom stereocenters. The van der Waals surface area contributed by atoms with Crippen molar-refractivity contribution in [3.05, 3.63) is 60.2 Å². The quantitative estimate of drug-likeness (QED) is 0.831. The van der Waals surface area contributed by atoms with E-state index in [0.717, 1.165) is 24.2 Å². The van der Waals surface area contributed by atoms with Crippen molar-refractivity contribution >= 4 is 17.3 Å². The number of amides is 1. The summed E-state index contributed by atoms with van der Waals surface area (Å²) in [5.41, 5.74) is 8.47. The molecule has 0 bridgehead atoms. The Bertz CT molecular complexity index is 520. The monoisotopic (exact) mass is 254 g/mol. The average molecular weight is 254 g/mol. The Kier molecular flexibility index (Phi) is 4.56. The number of benzene rings is 2. The molecule has 0 radical (unpaired) electrons. The lowest BCUT2D eigenvalue weighted by Crippen LogP contribution is -2.10. The van der Waals surface area contributed by atoms with Crippen molar-refractivity contribution in [2.75, 3.05) is 5.32 Å². The van der Waals surface area contributed by atoms with E-state index in [-0.39, 0.29) is 5.91 Å². The summed E-state index contributed by atoms with van der Waals surface area (Å²) in [6.45, 7) is 0. The standard InChI is InChI=1S/C16H18N2O/c17-16(19)8-4-5-13-9-11-15(12-10-13)18-14-6-2-1-3-7-14/h1-3,6-7,9-12,18H,4-5,8H2,(H2,17,19). The summed E-state index contributed by atoms with van der Waals surface area (Å²) in [5.74, 6) is -0.234. The van der Waals surface area contributed by atoms with Crippen molar-refractivity contribution < 1.29 is 4.79 Å². The van der Waals surface area contributed by atoms with E-state index in [2.05, 4.69) is 17.4 Å². The lowest BCUT2D eigenvalue weighted by atomic mass is 10.1. The van der Waals surface area contributed by atoms with Crippen LogP contribution in [0.2, 0.25) is 0 Å². The molecule has 0 heterocycles. The molecule has 3 N–H and O–H groups in total. The van der Waals surface area contributed by atoms with Crippen LogP contribution in [0, 0.1) is 0 Å². The lowest BCUT2D eigenvalue weighted by molar-refractivity contribution is -0.118. The Morgan fingerprint density at radius 2 is 1.58 bits per heavy atom. The van der Waals surface area contributed by atoms with Crippen LogP contribution < -0.4 is 11.1 Å². The molecule has 0 saturated heterocycles. The van der Waals surface area contributed by atoms with E-state index >= 15 is 0 Å². The van der Waals surface area contributed by atoms with Gasteiger partial charge >= 0.3 is 0 Å². The van der Waals surface area contributed by atoms with E-state index in [4.69, 9.17) is 5.73 Å². The van der Waals surface area contributed by atoms with Crippen LogP contribution in [-0.2, 0) is 11.2 Å². The second-order valence-corrected chi connectivity index (χ2v) is 4.51. The van der Waals surface area contributed by atoms with Crippen LogP contribution in [0.4, 0.5) is 11.4 Å². The van der Waals surface area contributed by atoms with Gasteiger partial charge < -0.3 is 11.1 Å². The molecule has 0 fully saturated rings. The van der Waals surface area contributed by atoms with Gasteiger partial charge in [-0.05, 0) is 42.7 Å². The lowest BCUT2D eigenvalue weighted by Gasteiger charge is -2.07. The minimum Gasteiger partial charge on any atom is -0.370 e. The van der Waals surface area contributed by atoms with E-state index in [1.165, 1.54) is 5.56 Å². The number of aryl methyl sites for hydroxylation is 1. The maximum Gasteiger partial charge on any atom is 0.217 e. The third-order valence-electron chi connectivity index (χ3n) is 2.91. The van der Waals surface area contributed by atoms with Crippen LogP contribution in [0.1, 0.15) is 18.4 Å². The largest absolute Gasteiger partial charge is 0.370 e. The number of nitrogens with two attached hydrogens (primary N) is 1. The number of carbonyl (C=O) groups is 1. The normalized spacial score (nSPS) is 10.1. The van der Waals surface area contributed by atoms with Crippen LogP contribution in [-0.4, -0.2) is 5.91 Å². The number of nitrogens with one attached hydrogen (secondary N) is 1. The fourth-order valence-corrected chi connectivity index (χ4v) is 1.91. The first kappa shape index (κ1) is 13.1. The Morgan fingerprint density at radius 1 is 0.947 bits per heavy atom. The van der Waals surface area contributed by atoms with Crippen LogP contribution in [0.5, 0.6) is 0 Å². The molecule has 0 spiro atoms. The summed E-state index contributed by atoms with van der Waals surface area (Å²) in [7, 11) is 0. The van der Waals surface area contributed by atoms with Gasteiger partial charge in [0.05, 0.1) is 0 Å². The van der Waals surface area contributed by atoms with Crippen molar-refractivity contribution in [2.24, 2.45) is 5.73 Å². The fourth-order valence-electron chi connectivity index (χ4n) is 1.91. The van der Waals surface area contributed by atoms with Gasteiger partial charge in [0, 0.05) is 17.8 Å². The molecule has 3 heteroatoms. The smallest absolute Gasteiger partial charge is 0.217 e. The number of rotatable bonds is 6. The highest BCUT2D eigenvalue weighted by atomic mass is 16.1. The summed E-state index contributed by atoms with van der Waals surface area (Å²) in [4.78, 5) is 10.7. The fraction of sp³-hybridized carbons (Fsp3) is 0.188. The van der Waals surface area contributed by atoms with Crippen molar-refractivity contribution in [1.82, 2.24) is 0 Å². The van der Waals surface area contributed by atoms with Gasteiger partial charge in [0.2, 0.25) is 5.91 Å². The van der Waals surface area contributed by atoms with Gasteiger partial charge in [-0.1, -0.05) is 30.3 Å². The zero-order chi connectivity index (χ0) is 13.5. The van der Waals surface area contributed by atoms with E-state index in [1.54, 1.807) is 0 Å². The highest BCUT2D eigenvalue weighted by Gasteiger charge is 1.98. The Morgan fingerprint density at radius 3 is 2.21 bits per heavy atom. The van der Waals surface area contributed by atoms with Gasteiger partial charge in [0.1, 0.15) is 0 Å². The number of anilines is 2. The molecule has 0 aliphatic heterocycles. The summed E-state index contributed by atoms with van der Waals surface area (Å²) in [5, 5.41) is 3.33. The van der Waals surface area contributed by atoms with Gasteiger partial charge in [-0.15, -0.1) is 0 Å². The molecule has 0 unspecified atom stereocenters. The Labute approximate surface area is 113 Å². The van der Waals surface area contributed by atoms with Crippen LogP contribution >= 0.6 is 0 Å². The molecule has 3 nitrogen and oxygen atoms in total. The number of para-hydroxylation sites is 1. The average Bonchev–Trinajstić information content (AvgIpc) is 2.42. The van der Waals surface area contributed by atoms with Crippen LogP contribution in [0.3, 0.4) is 0 Å². The van der Waals surface area contributed by atoms with Crippen molar-refractivity contribution in [3.8, 4) is 0 Å². The molecule has 0 aromatic heterocycles. The minimum atomic E-state index is -0.234. The number of hydrogen-bond donors (Lipinski definition) is 2. The predicted octanol–water partition coefficient (Wildman–Crippen LogP) is 3.24. The van der Waals surface area contributed by atoms with Crippen LogP contribution in [0.15, 0.2) is 54.6 Å². The SMILES string of the molecule is NC(=O)CCCc1ccc(Nc2ccccc2)cc1. The third-order valence-corrected chi connectivity index (χ3v) is 2.91. The first-order valence-electron chi connectivity index (χ1n) is 6.43. The summed E-state index contributed by atoms with van der Waals surface area (Å²) >= 11 is 0. The number of carbonyl (C=O) groups excluding carboxylic acids is 1. The molecule has 2 rings (SSSR count). The zero-order valence-corrected chi connectivity index (χ0v) is 10.8. The Balaban J connectivity index is 1.89. The highest BCUT2D eigenvalue weighted by molar-refractivity contribution is 5.73. The second kappa shape index (κ2) is 6.59. The van der Waals surface area contributed by atoms with Gasteiger partial charge in [0.25, 0.3) is 0 Å². The molecular weight excluding hydrogens is 236 g/mol. The van der Waals surface area contributed by atoms with Gasteiger partial charge in [-0.25, -0.2) is 0 Å². The molecule has 0 aliphatic carbocycles. The summed E-state index contributed by atoms with van der Waals surface area (Å²) in [6.07, 6.45) is 2.14. The first-order valence-corrected chi connectivity index (χ1v) is 6.43. The van der Waals surface area contributed by atoms with Gasteiger partial charge in [0.15, 0.2) is 0 Å². The number of hydrogen-bond acceptors (Lipinski definition) is 2. The van der Waals surface area contributed by atoms with E-state index in [0.29, 0.717) is 6.42 Å². The highest BCUT2D eigenvalue weighted by Crippen LogP contribution is 2.17. The van der Waals surface area contributed by atoms with E-state index in [1.807, 2.05) is 42.5 Å². The second-order valence-electron chi connectivity index (χ2n) is 4.51. The van der Waals surface area contributed by atoms with Crippen LogP contribution in [0.25, 0.3) is 0 Å². The molecule has 19 heavy (non-hydrogen) atoms. The first-order chi connectivity index (χ1) is 9.24. The van der Waals surface area contributed by atoms with Crippen molar-refractivity contribution in [3.63, 3.8) is 0 Å². The number of primary amides is 1. The molecule has 2 aromatic rings. The van der Waals surface area contributed by atoms with Crippen molar-refractivity contribution in [1.29, 1.82) is 0 Å². The van der Waals surface area contributed by atoms with Gasteiger partial charge in [-0.2, -0.15) is 0 Å². The van der Waals surface area contributed by atoms with Gasteiger partial charge in [-0.3, -0.25) is 4.79 Å². The maximum atomic E-state index is 10.7. The summed E-state index contributed by atoms with van der Waals surface area (Å²) in [6, 6.07) is 18.3. The third kappa shape index (κ3) is 4.47.